The van der Waals surface area contributed by atoms with Crippen LogP contribution in [0.3, 0.4) is 0 Å². The number of nitrogens with zero attached hydrogens (tertiary/aromatic N) is 2. The van der Waals surface area contributed by atoms with Crippen molar-refractivity contribution in [2.75, 3.05) is 4.90 Å². The van der Waals surface area contributed by atoms with Gasteiger partial charge in [-0.15, -0.1) is 0 Å². The summed E-state index contributed by atoms with van der Waals surface area (Å²) in [4.78, 5) is 35.5. The lowest BCUT2D eigenvalue weighted by Gasteiger charge is -2.16. The molecule has 0 aromatic heterocycles. The largest absolute Gasteiger partial charge is 0.300 e. The summed E-state index contributed by atoms with van der Waals surface area (Å²) in [5, 5.41) is 15.9. The molecule has 0 bridgehead atoms. The Morgan fingerprint density at radius 2 is 1.84 bits per heavy atom. The van der Waals surface area contributed by atoms with Crippen LogP contribution in [-0.4, -0.2) is 25.0 Å². The van der Waals surface area contributed by atoms with Crippen molar-refractivity contribution in [3.05, 3.63) is 63.7 Å². The highest BCUT2D eigenvalue weighted by Gasteiger charge is 2.36. The number of sulfonamides is 1. The number of ketones is 1. The van der Waals surface area contributed by atoms with Gasteiger partial charge in [0.1, 0.15) is 0 Å². The van der Waals surface area contributed by atoms with E-state index < -0.39 is 26.6 Å². The number of fused-ring (bicyclic) bond motifs is 1. The molecule has 0 saturated heterocycles. The standard InChI is InChI=1S/C15H11N3O6S/c16-25(23,24)11-4-5-13-12(7-11)14(19)15(20)17(13)8-9-2-1-3-10(6-9)18(21)22/h1-7H,8H2,(H2,16,23,24). The van der Waals surface area contributed by atoms with Gasteiger partial charge in [-0.3, -0.25) is 19.7 Å². The Morgan fingerprint density at radius 3 is 2.48 bits per heavy atom. The zero-order valence-corrected chi connectivity index (χ0v) is 13.4. The molecule has 25 heavy (non-hydrogen) atoms. The Labute approximate surface area is 141 Å². The molecule has 128 valence electrons. The highest BCUT2D eigenvalue weighted by molar-refractivity contribution is 7.89. The van der Waals surface area contributed by atoms with Crippen molar-refractivity contribution in [1.29, 1.82) is 0 Å². The van der Waals surface area contributed by atoms with Crippen LogP contribution in [0.25, 0.3) is 0 Å². The quantitative estimate of drug-likeness (QED) is 0.489. The summed E-state index contributed by atoms with van der Waals surface area (Å²) < 4.78 is 22.8. The number of carbonyl (C=O) groups is 2. The van der Waals surface area contributed by atoms with Crippen molar-refractivity contribution in [2.45, 2.75) is 11.4 Å². The van der Waals surface area contributed by atoms with E-state index in [1.54, 1.807) is 6.07 Å². The van der Waals surface area contributed by atoms with Crippen LogP contribution in [0, 0.1) is 10.1 Å². The highest BCUT2D eigenvalue weighted by atomic mass is 32.2. The first-order chi connectivity index (χ1) is 11.7. The minimum absolute atomic E-state index is 0.0615. The van der Waals surface area contributed by atoms with Crippen LogP contribution >= 0.6 is 0 Å². The molecule has 0 atom stereocenters. The van der Waals surface area contributed by atoms with Gasteiger partial charge in [-0.1, -0.05) is 12.1 Å². The lowest BCUT2D eigenvalue weighted by molar-refractivity contribution is -0.384. The molecule has 1 aliphatic rings. The summed E-state index contributed by atoms with van der Waals surface area (Å²) in [6, 6.07) is 9.23. The molecule has 0 unspecified atom stereocenters. The number of non-ortho nitro benzene ring substituents is 1. The minimum Gasteiger partial charge on any atom is -0.300 e. The summed E-state index contributed by atoms with van der Waals surface area (Å²) in [5.74, 6) is -1.70. The Bertz CT molecular complexity index is 1030. The normalized spacial score (nSPS) is 13.9. The van der Waals surface area contributed by atoms with E-state index >= 15 is 0 Å². The van der Waals surface area contributed by atoms with Gasteiger partial charge in [-0.05, 0) is 23.8 Å². The molecule has 1 aliphatic heterocycles. The Morgan fingerprint density at radius 1 is 1.12 bits per heavy atom. The van der Waals surface area contributed by atoms with Gasteiger partial charge in [0.25, 0.3) is 17.4 Å². The molecule has 2 N–H and O–H groups in total. The first-order valence-electron chi connectivity index (χ1n) is 6.95. The van der Waals surface area contributed by atoms with Gasteiger partial charge in [0.05, 0.1) is 27.6 Å². The van der Waals surface area contributed by atoms with Crippen LogP contribution in [0.4, 0.5) is 11.4 Å². The lowest BCUT2D eigenvalue weighted by atomic mass is 10.1. The molecule has 0 aliphatic carbocycles. The van der Waals surface area contributed by atoms with Gasteiger partial charge in [0.2, 0.25) is 10.0 Å². The van der Waals surface area contributed by atoms with Crippen LogP contribution in [0.2, 0.25) is 0 Å². The maximum Gasteiger partial charge on any atom is 0.299 e. The summed E-state index contributed by atoms with van der Waals surface area (Å²) in [7, 11) is -4.01. The summed E-state index contributed by atoms with van der Waals surface area (Å²) in [6.45, 7) is -0.0615. The average molecular weight is 361 g/mol. The SMILES string of the molecule is NS(=O)(=O)c1ccc2c(c1)C(=O)C(=O)N2Cc1cccc([N+](=O)[O-])c1. The monoisotopic (exact) mass is 361 g/mol. The number of Topliss-reactive ketones (excluding diaryl/α,β-unsaturated/α-hetero) is 1. The third-order valence-electron chi connectivity index (χ3n) is 3.73. The van der Waals surface area contributed by atoms with E-state index in [0.29, 0.717) is 5.56 Å². The van der Waals surface area contributed by atoms with E-state index in [0.717, 1.165) is 11.0 Å². The molecule has 0 radical (unpaired) electrons. The fourth-order valence-electron chi connectivity index (χ4n) is 2.56. The highest BCUT2D eigenvalue weighted by Crippen LogP contribution is 2.32. The van der Waals surface area contributed by atoms with Gasteiger partial charge >= 0.3 is 0 Å². The third kappa shape index (κ3) is 2.99. The van der Waals surface area contributed by atoms with Crippen molar-refractivity contribution < 1.29 is 22.9 Å². The lowest BCUT2D eigenvalue weighted by Crippen LogP contribution is -2.29. The average Bonchev–Trinajstić information content (AvgIpc) is 2.79. The number of nitrogens with two attached hydrogens (primary N) is 1. The number of rotatable bonds is 4. The fourth-order valence-corrected chi connectivity index (χ4v) is 3.10. The van der Waals surface area contributed by atoms with E-state index in [4.69, 9.17) is 5.14 Å². The molecular formula is C15H11N3O6S. The molecule has 2 aromatic carbocycles. The zero-order valence-electron chi connectivity index (χ0n) is 12.6. The molecule has 0 fully saturated rings. The van der Waals surface area contributed by atoms with E-state index in [1.807, 2.05) is 0 Å². The number of amides is 1. The van der Waals surface area contributed by atoms with Crippen molar-refractivity contribution in [3.8, 4) is 0 Å². The molecule has 2 aromatic rings. The maximum atomic E-state index is 12.2. The smallest absolute Gasteiger partial charge is 0.299 e. The Balaban J connectivity index is 2.00. The topological polar surface area (TPSA) is 141 Å². The summed E-state index contributed by atoms with van der Waals surface area (Å²) >= 11 is 0. The molecule has 0 saturated carbocycles. The molecule has 1 amide bonds. The van der Waals surface area contributed by atoms with Gasteiger partial charge in [-0.25, -0.2) is 13.6 Å². The summed E-state index contributed by atoms with van der Waals surface area (Å²) in [6.07, 6.45) is 0. The third-order valence-corrected chi connectivity index (χ3v) is 4.64. The second-order valence-corrected chi connectivity index (χ2v) is 6.93. The summed E-state index contributed by atoms with van der Waals surface area (Å²) in [5.41, 5.74) is 0.481. The number of benzene rings is 2. The van der Waals surface area contributed by atoms with Crippen LogP contribution in [0.5, 0.6) is 0 Å². The number of anilines is 1. The maximum absolute atomic E-state index is 12.2. The number of hydrogen-bond donors (Lipinski definition) is 1. The predicted octanol–water partition coefficient (Wildman–Crippen LogP) is 0.972. The van der Waals surface area contributed by atoms with Gasteiger partial charge in [-0.2, -0.15) is 0 Å². The van der Waals surface area contributed by atoms with Crippen LogP contribution < -0.4 is 10.0 Å². The molecular weight excluding hydrogens is 350 g/mol. The van der Waals surface area contributed by atoms with Crippen molar-refractivity contribution in [1.82, 2.24) is 0 Å². The van der Waals surface area contributed by atoms with Gasteiger partial charge in [0.15, 0.2) is 0 Å². The first-order valence-corrected chi connectivity index (χ1v) is 8.49. The van der Waals surface area contributed by atoms with Crippen molar-refractivity contribution in [3.63, 3.8) is 0 Å². The second-order valence-electron chi connectivity index (χ2n) is 5.37. The van der Waals surface area contributed by atoms with E-state index in [-0.39, 0.29) is 28.4 Å². The van der Waals surface area contributed by atoms with Crippen LogP contribution in [0.15, 0.2) is 47.4 Å². The molecule has 1 heterocycles. The number of hydrogen-bond acceptors (Lipinski definition) is 6. The Kier molecular flexibility index (Phi) is 3.85. The minimum atomic E-state index is -4.01. The molecule has 0 spiro atoms. The molecule has 3 rings (SSSR count). The molecule has 10 heteroatoms. The van der Waals surface area contributed by atoms with E-state index in [2.05, 4.69) is 0 Å². The Hall–Kier alpha value is -3.11. The van der Waals surface area contributed by atoms with Crippen molar-refractivity contribution in [2.24, 2.45) is 5.14 Å². The predicted molar refractivity (Wildman–Crippen MR) is 86.4 cm³/mol. The van der Waals surface area contributed by atoms with Crippen molar-refractivity contribution >= 4 is 33.1 Å². The molecule has 9 nitrogen and oxygen atoms in total. The van der Waals surface area contributed by atoms with E-state index in [1.165, 1.54) is 30.3 Å². The number of primary sulfonamides is 1. The van der Waals surface area contributed by atoms with Gasteiger partial charge in [0, 0.05) is 12.1 Å². The second kappa shape index (κ2) is 5.76. The van der Waals surface area contributed by atoms with Crippen LogP contribution in [0.1, 0.15) is 15.9 Å². The van der Waals surface area contributed by atoms with Gasteiger partial charge < -0.3 is 4.90 Å². The fraction of sp³-hybridized carbons (Fsp3) is 0.0667. The van der Waals surface area contributed by atoms with E-state index in [9.17, 15) is 28.1 Å². The zero-order chi connectivity index (χ0) is 18.4. The number of carbonyl (C=O) groups excluding carboxylic acids is 2. The number of nitro benzene ring substituents is 1. The van der Waals surface area contributed by atoms with Crippen LogP contribution in [-0.2, 0) is 21.4 Å². The number of nitro groups is 1. The first kappa shape index (κ1) is 16.7.